The average molecular weight is 594 g/mol. The van der Waals surface area contributed by atoms with Crippen molar-refractivity contribution in [2.75, 3.05) is 0 Å². The van der Waals surface area contributed by atoms with E-state index in [-0.39, 0.29) is 6.04 Å². The maximum absolute atomic E-state index is 4.99. The first kappa shape index (κ1) is 28.6. The molecular weight excluding hydrogens is 551 g/mol. The number of fused-ring (bicyclic) bond motifs is 9. The zero-order valence-electron chi connectivity index (χ0n) is 26.8. The first-order chi connectivity index (χ1) is 21.2. The summed E-state index contributed by atoms with van der Waals surface area (Å²) >= 11 is 0. The fourth-order valence-corrected chi connectivity index (χ4v) is 9.39. The van der Waals surface area contributed by atoms with Crippen molar-refractivity contribution in [1.82, 2.24) is 4.98 Å². The van der Waals surface area contributed by atoms with Crippen molar-refractivity contribution in [1.29, 1.82) is 0 Å². The Morgan fingerprint density at radius 3 is 2.43 bits per heavy atom. The van der Waals surface area contributed by atoms with Crippen molar-refractivity contribution in [3.63, 3.8) is 0 Å². The Balaban J connectivity index is 1.46. The fraction of sp³-hybridized carbons (Fsp3) is 0.275. The monoisotopic (exact) mass is 593 g/mol. The highest BCUT2D eigenvalue weighted by Gasteiger charge is 2.44. The molecule has 0 fully saturated rings. The van der Waals surface area contributed by atoms with Gasteiger partial charge in [0.2, 0.25) is 11.4 Å². The Labute approximate surface area is 263 Å². The molecule has 220 valence electrons. The molecular formula is C40H43N3Si+2. The molecule has 0 aliphatic carbocycles. The van der Waals surface area contributed by atoms with Crippen LogP contribution in [0.5, 0.6) is 0 Å². The Bertz CT molecular complexity index is 1900. The van der Waals surface area contributed by atoms with Crippen LogP contribution >= 0.6 is 0 Å². The van der Waals surface area contributed by atoms with Crippen molar-refractivity contribution >= 4 is 19.0 Å². The first-order valence-corrected chi connectivity index (χ1v) is 19.7. The number of hydrogen-bond acceptors (Lipinski definition) is 1. The molecule has 5 aromatic rings. The summed E-state index contributed by atoms with van der Waals surface area (Å²) in [5.74, 6) is 0.372. The van der Waals surface area contributed by atoms with E-state index >= 15 is 0 Å². The van der Waals surface area contributed by atoms with Gasteiger partial charge in [-0.1, -0.05) is 81.2 Å². The van der Waals surface area contributed by atoms with Crippen LogP contribution in [0.4, 0.5) is 0 Å². The Morgan fingerprint density at radius 2 is 1.66 bits per heavy atom. The van der Waals surface area contributed by atoms with Gasteiger partial charge in [0, 0.05) is 40.6 Å². The third kappa shape index (κ3) is 4.86. The quantitative estimate of drug-likeness (QED) is 0.153. The van der Waals surface area contributed by atoms with E-state index in [1.165, 1.54) is 44.6 Å². The topological polar surface area (TPSA) is 20.6 Å². The third-order valence-electron chi connectivity index (χ3n) is 9.87. The van der Waals surface area contributed by atoms with Gasteiger partial charge in [-0.15, -0.1) is 0 Å². The summed E-state index contributed by atoms with van der Waals surface area (Å²) in [5, 5.41) is 1.58. The molecule has 0 saturated heterocycles. The molecule has 0 N–H and O–H groups in total. The molecule has 2 aliphatic rings. The van der Waals surface area contributed by atoms with Gasteiger partial charge in [0.25, 0.3) is 0 Å². The van der Waals surface area contributed by atoms with Crippen LogP contribution < -0.4 is 14.3 Å². The van der Waals surface area contributed by atoms with Crippen molar-refractivity contribution in [3.05, 3.63) is 126 Å². The highest BCUT2D eigenvalue weighted by atomic mass is 28.3. The maximum Gasteiger partial charge on any atom is 0.237 e. The second-order valence-corrected chi connectivity index (χ2v) is 18.7. The normalized spacial score (nSPS) is 17.5. The van der Waals surface area contributed by atoms with Crippen LogP contribution in [0, 0.1) is 6.92 Å². The third-order valence-corrected chi connectivity index (χ3v) is 11.9. The molecule has 0 radical (unpaired) electrons. The predicted octanol–water partition coefficient (Wildman–Crippen LogP) is 8.22. The maximum atomic E-state index is 4.99. The summed E-state index contributed by atoms with van der Waals surface area (Å²) in [5.41, 5.74) is 14.0. The van der Waals surface area contributed by atoms with E-state index in [2.05, 4.69) is 134 Å². The van der Waals surface area contributed by atoms with E-state index < -0.39 is 8.07 Å². The van der Waals surface area contributed by atoms with Gasteiger partial charge in [0.1, 0.15) is 5.69 Å². The van der Waals surface area contributed by atoms with Crippen molar-refractivity contribution in [2.24, 2.45) is 0 Å². The number of benzene rings is 2. The lowest BCUT2D eigenvalue weighted by molar-refractivity contribution is -0.719. The summed E-state index contributed by atoms with van der Waals surface area (Å²) in [7, 11) is -1.58. The van der Waals surface area contributed by atoms with Crippen LogP contribution in [0.2, 0.25) is 19.6 Å². The summed E-state index contributed by atoms with van der Waals surface area (Å²) in [6.45, 7) is 16.8. The van der Waals surface area contributed by atoms with Crippen LogP contribution in [0.15, 0.2) is 104 Å². The lowest BCUT2D eigenvalue weighted by Crippen LogP contribution is -2.54. The van der Waals surface area contributed by atoms with E-state index in [1.807, 2.05) is 6.20 Å². The van der Waals surface area contributed by atoms with E-state index in [0.717, 1.165) is 42.8 Å². The summed E-state index contributed by atoms with van der Waals surface area (Å²) in [6, 6.07) is 29.4. The molecule has 0 amide bonds. The number of pyridine rings is 3. The molecule has 44 heavy (non-hydrogen) atoms. The molecule has 0 spiro atoms. The molecule has 2 unspecified atom stereocenters. The van der Waals surface area contributed by atoms with Gasteiger partial charge < -0.3 is 0 Å². The minimum absolute atomic E-state index is 0.272. The summed E-state index contributed by atoms with van der Waals surface area (Å²) < 4.78 is 5.01. The number of rotatable bonds is 3. The minimum atomic E-state index is -1.58. The Kier molecular flexibility index (Phi) is 7.21. The average Bonchev–Trinajstić information content (AvgIpc) is 3.03. The standard InChI is InChI=1S/C40H43N3Si/c1-7-29-24-37-33-18-12-11-17-32(33)34-20-19-31-16-13-21-41-40(31)38-22-27(2)35(30-14-9-8-10-15-30)25-42(38)28(3)23-36(34)43(37)26-39(29)44(4,5)6/h8-18,21-22,24-26,34,36H,3,7,19-20,23H2,1-2,4-6H3/q+2. The largest absolute Gasteiger partial charge is 0.250 e. The molecule has 7 rings (SSSR count). The number of aryl methyl sites for hydroxylation is 3. The fourth-order valence-electron chi connectivity index (χ4n) is 7.65. The lowest BCUT2D eigenvalue weighted by atomic mass is 9.77. The van der Waals surface area contributed by atoms with E-state index in [4.69, 9.17) is 11.6 Å². The molecule has 0 saturated carbocycles. The molecule has 3 nitrogen and oxygen atoms in total. The van der Waals surface area contributed by atoms with Gasteiger partial charge in [-0.05, 0) is 72.7 Å². The van der Waals surface area contributed by atoms with Crippen LogP contribution in [-0.2, 0) is 12.8 Å². The predicted molar refractivity (Wildman–Crippen MR) is 185 cm³/mol. The number of allylic oxidation sites excluding steroid dienone is 1. The molecule has 2 atom stereocenters. The zero-order valence-corrected chi connectivity index (χ0v) is 27.8. The Morgan fingerprint density at radius 1 is 0.886 bits per heavy atom. The van der Waals surface area contributed by atoms with E-state index in [1.54, 1.807) is 5.19 Å². The van der Waals surface area contributed by atoms with Crippen LogP contribution in [0.3, 0.4) is 0 Å². The van der Waals surface area contributed by atoms with Gasteiger partial charge in [-0.3, -0.25) is 0 Å². The van der Waals surface area contributed by atoms with Crippen molar-refractivity contribution in [2.45, 2.75) is 71.1 Å². The SMILES string of the molecule is C=C1CC2C(CCc3cccnc3-c3cc(C)c(-c4ccccc4)c[n+]31)c1ccccc1-c1cc(CC)c([Si](C)(C)C)c[n+]12. The summed E-state index contributed by atoms with van der Waals surface area (Å²) in [6.07, 6.45) is 10.8. The van der Waals surface area contributed by atoms with E-state index in [9.17, 15) is 0 Å². The minimum Gasteiger partial charge on any atom is -0.250 e. The molecule has 2 aromatic carbocycles. The number of aromatic nitrogens is 3. The van der Waals surface area contributed by atoms with Crippen LogP contribution in [-0.4, -0.2) is 13.1 Å². The van der Waals surface area contributed by atoms with Crippen LogP contribution in [0.25, 0.3) is 39.5 Å². The smallest absolute Gasteiger partial charge is 0.237 e. The van der Waals surface area contributed by atoms with Gasteiger partial charge in [0.05, 0.1) is 14.5 Å². The lowest BCUT2D eigenvalue weighted by Gasteiger charge is -2.33. The van der Waals surface area contributed by atoms with Gasteiger partial charge in [-0.2, -0.15) is 9.13 Å². The van der Waals surface area contributed by atoms with Gasteiger partial charge in [0.15, 0.2) is 24.1 Å². The molecule has 0 bridgehead atoms. The number of hydrogen-bond donors (Lipinski definition) is 0. The van der Waals surface area contributed by atoms with Crippen LogP contribution in [0.1, 0.15) is 54.0 Å². The molecule has 4 heteroatoms. The van der Waals surface area contributed by atoms with E-state index in [0.29, 0.717) is 5.92 Å². The van der Waals surface area contributed by atoms with Gasteiger partial charge in [-0.25, -0.2) is 4.98 Å². The zero-order chi connectivity index (χ0) is 30.6. The first-order valence-electron chi connectivity index (χ1n) is 16.2. The molecule has 2 aliphatic heterocycles. The second-order valence-electron chi connectivity index (χ2n) is 13.7. The molecule has 3 aromatic heterocycles. The van der Waals surface area contributed by atoms with Gasteiger partial charge >= 0.3 is 0 Å². The number of nitrogens with zero attached hydrogens (tertiary/aromatic N) is 3. The highest BCUT2D eigenvalue weighted by Crippen LogP contribution is 2.44. The molecule has 5 heterocycles. The van der Waals surface area contributed by atoms with Crippen molar-refractivity contribution < 1.29 is 9.13 Å². The Hall–Kier alpha value is -4.15. The second kappa shape index (κ2) is 11.1. The van der Waals surface area contributed by atoms with Crippen molar-refractivity contribution in [3.8, 4) is 33.8 Å². The highest BCUT2D eigenvalue weighted by molar-refractivity contribution is 6.89. The summed E-state index contributed by atoms with van der Waals surface area (Å²) in [4.78, 5) is 4.99.